The van der Waals surface area contributed by atoms with Gasteiger partial charge in [0.1, 0.15) is 0 Å². The molecule has 4 unspecified atom stereocenters. The van der Waals surface area contributed by atoms with Crippen LogP contribution in [0.25, 0.3) is 0 Å². The van der Waals surface area contributed by atoms with Gasteiger partial charge in [0.25, 0.3) is 0 Å². The van der Waals surface area contributed by atoms with Crippen molar-refractivity contribution >= 4 is 23.8 Å². The van der Waals surface area contributed by atoms with E-state index in [1.54, 1.807) is 6.92 Å². The van der Waals surface area contributed by atoms with Crippen LogP contribution in [-0.2, 0) is 4.79 Å². The number of thioether (sulfide) groups is 1. The van der Waals surface area contributed by atoms with Crippen molar-refractivity contribution in [2.24, 2.45) is 28.7 Å². The number of carbonyl (C=O) groups excluding carboxylic acids is 1. The van der Waals surface area contributed by atoms with Gasteiger partial charge in [-0.1, -0.05) is 31.7 Å². The third kappa shape index (κ3) is 6.96. The molecular weight excluding hydrogens is 378 g/mol. The molecule has 0 radical (unpaired) electrons. The highest BCUT2D eigenvalue weighted by molar-refractivity contribution is 8.03. The quantitative estimate of drug-likeness (QED) is 0.546. The summed E-state index contributed by atoms with van der Waals surface area (Å²) in [4.78, 5) is 18.0. The number of Topliss-reactive ketones (excluding diaryl/α,β-unsaturated/α-hetero) is 1. The molecule has 1 aliphatic heterocycles. The zero-order chi connectivity index (χ0) is 20.8. The summed E-state index contributed by atoms with van der Waals surface area (Å²) < 4.78 is 0. The van der Waals surface area contributed by atoms with Gasteiger partial charge in [-0.15, -0.1) is 11.8 Å². The Balaban J connectivity index is 1.49. The maximum absolute atomic E-state index is 11.8. The first-order valence-electron chi connectivity index (χ1n) is 11.3. The Morgan fingerprint density at radius 1 is 1.24 bits per heavy atom. The molecule has 2 aliphatic carbocycles. The van der Waals surface area contributed by atoms with Crippen molar-refractivity contribution in [3.8, 4) is 0 Å². The van der Waals surface area contributed by atoms with Gasteiger partial charge in [-0.05, 0) is 92.9 Å². The molecule has 3 rings (SSSR count). The van der Waals surface area contributed by atoms with E-state index in [1.165, 1.54) is 11.3 Å². The van der Waals surface area contributed by atoms with Crippen LogP contribution in [-0.4, -0.2) is 28.6 Å². The summed E-state index contributed by atoms with van der Waals surface area (Å²) in [7, 11) is 0. The second-order valence-electron chi connectivity index (χ2n) is 9.36. The molecule has 0 saturated heterocycles. The Kier molecular flexibility index (Phi) is 8.37. The van der Waals surface area contributed by atoms with E-state index in [-0.39, 0.29) is 17.3 Å². The summed E-state index contributed by atoms with van der Waals surface area (Å²) >= 11 is 1.86. The van der Waals surface area contributed by atoms with Crippen molar-refractivity contribution in [2.75, 3.05) is 0 Å². The summed E-state index contributed by atoms with van der Waals surface area (Å²) in [5, 5.41) is 9.94. The fourth-order valence-electron chi connectivity index (χ4n) is 4.91. The van der Waals surface area contributed by atoms with Crippen molar-refractivity contribution in [2.45, 2.75) is 83.1 Å². The van der Waals surface area contributed by atoms with Crippen molar-refractivity contribution in [3.05, 3.63) is 35.3 Å². The van der Waals surface area contributed by atoms with Crippen LogP contribution < -0.4 is 0 Å². The van der Waals surface area contributed by atoms with Crippen LogP contribution in [0.3, 0.4) is 0 Å². The minimum Gasteiger partial charge on any atom is -0.393 e. The van der Waals surface area contributed by atoms with Gasteiger partial charge in [-0.2, -0.15) is 0 Å². The zero-order valence-electron chi connectivity index (χ0n) is 18.1. The highest BCUT2D eigenvalue weighted by atomic mass is 32.2. The first kappa shape index (κ1) is 22.6. The molecule has 0 aromatic rings. The lowest BCUT2D eigenvalue weighted by atomic mass is 9.79. The molecule has 0 aromatic carbocycles. The highest BCUT2D eigenvalue weighted by Crippen LogP contribution is 2.38. The summed E-state index contributed by atoms with van der Waals surface area (Å²) in [6, 6.07) is 0. The fraction of sp³-hybridized carbons (Fsp3) is 0.680. The number of rotatable bonds is 7. The smallest absolute Gasteiger partial charge is 0.155 e. The molecule has 4 heteroatoms. The van der Waals surface area contributed by atoms with E-state index in [0.717, 1.165) is 62.9 Å². The van der Waals surface area contributed by atoms with Crippen molar-refractivity contribution in [1.82, 2.24) is 0 Å². The topological polar surface area (TPSA) is 49.7 Å². The Morgan fingerprint density at radius 3 is 2.72 bits per heavy atom. The minimum absolute atomic E-state index is 0.0698. The lowest BCUT2D eigenvalue weighted by Crippen LogP contribution is -2.19. The third-order valence-corrected chi connectivity index (χ3v) is 7.91. The van der Waals surface area contributed by atoms with Gasteiger partial charge in [0.2, 0.25) is 0 Å². The molecule has 1 heterocycles. The summed E-state index contributed by atoms with van der Waals surface area (Å²) in [5.74, 6) is 2.36. The molecule has 1 fully saturated rings. The lowest BCUT2D eigenvalue weighted by Gasteiger charge is -2.25. The number of hydrogen-bond acceptors (Lipinski definition) is 4. The zero-order valence-corrected chi connectivity index (χ0v) is 18.9. The molecule has 3 nitrogen and oxygen atoms in total. The van der Waals surface area contributed by atoms with E-state index < -0.39 is 0 Å². The Morgan fingerprint density at radius 2 is 2.00 bits per heavy atom. The molecule has 0 aromatic heterocycles. The Bertz CT molecular complexity index is 672. The van der Waals surface area contributed by atoms with Crippen LogP contribution >= 0.6 is 11.8 Å². The van der Waals surface area contributed by atoms with Gasteiger partial charge in [0.15, 0.2) is 5.78 Å². The second-order valence-corrected chi connectivity index (χ2v) is 10.7. The fourth-order valence-corrected chi connectivity index (χ4v) is 6.08. The van der Waals surface area contributed by atoms with Gasteiger partial charge in [0.05, 0.1) is 11.5 Å². The first-order valence-corrected chi connectivity index (χ1v) is 12.2. The van der Waals surface area contributed by atoms with E-state index >= 15 is 0 Å². The molecular formula is C25H37NO2S. The van der Waals surface area contributed by atoms with E-state index in [2.05, 4.69) is 25.8 Å². The molecule has 29 heavy (non-hydrogen) atoms. The molecule has 1 saturated carbocycles. The van der Waals surface area contributed by atoms with Crippen molar-refractivity contribution in [1.29, 1.82) is 0 Å². The number of nitrogens with zero attached hydrogens (tertiary/aromatic N) is 1. The van der Waals surface area contributed by atoms with Crippen molar-refractivity contribution < 1.29 is 9.90 Å². The standard InChI is InChI=1S/C25H37NO2S/c1-17-13-23(22-6-4-5-21(15-22)19(3)27)16-26-25(14-17)29-18(2)7-8-20-9-11-24(28)12-10-20/h4-6,16-17,20,22-25,28H,2,7-15H2,1,3H3. The number of allylic oxidation sites excluding steroid dienone is 5. The van der Waals surface area contributed by atoms with E-state index in [9.17, 15) is 9.90 Å². The minimum atomic E-state index is -0.0698. The van der Waals surface area contributed by atoms with Crippen LogP contribution in [0.4, 0.5) is 0 Å². The normalized spacial score (nSPS) is 35.1. The maximum atomic E-state index is 11.8. The Labute approximate surface area is 180 Å². The number of hydrogen-bond donors (Lipinski definition) is 1. The van der Waals surface area contributed by atoms with Crippen molar-refractivity contribution in [3.63, 3.8) is 0 Å². The van der Waals surface area contributed by atoms with Crippen LogP contribution in [0.2, 0.25) is 0 Å². The number of aliphatic hydroxyl groups excluding tert-OH is 1. The maximum Gasteiger partial charge on any atom is 0.155 e. The molecule has 3 aliphatic rings. The molecule has 0 spiro atoms. The van der Waals surface area contributed by atoms with Gasteiger partial charge in [-0.25, -0.2) is 0 Å². The summed E-state index contributed by atoms with van der Waals surface area (Å²) in [5.41, 5.74) is 0.942. The van der Waals surface area contributed by atoms with E-state index in [0.29, 0.717) is 17.8 Å². The average molecular weight is 416 g/mol. The predicted molar refractivity (Wildman–Crippen MR) is 124 cm³/mol. The van der Waals surface area contributed by atoms with Crippen LogP contribution in [0.5, 0.6) is 0 Å². The van der Waals surface area contributed by atoms with Crippen LogP contribution in [0.1, 0.15) is 71.6 Å². The molecule has 1 N–H and O–H groups in total. The summed E-state index contributed by atoms with van der Waals surface area (Å²) in [6.07, 6.45) is 17.9. The average Bonchev–Trinajstić information content (AvgIpc) is 2.88. The SMILES string of the molecule is C=C(CCC1CCC(O)CC1)SC1CC(C)CC(C2C=CC=C(C(C)=O)C2)C=N1. The van der Waals surface area contributed by atoms with E-state index in [1.807, 2.05) is 23.9 Å². The second kappa shape index (κ2) is 10.8. The molecule has 0 amide bonds. The van der Waals surface area contributed by atoms with Gasteiger partial charge >= 0.3 is 0 Å². The first-order chi connectivity index (χ1) is 13.9. The predicted octanol–water partition coefficient (Wildman–Crippen LogP) is 6.10. The van der Waals surface area contributed by atoms with Gasteiger partial charge in [0, 0.05) is 12.1 Å². The number of ketones is 1. The molecule has 4 atom stereocenters. The monoisotopic (exact) mass is 415 g/mol. The molecule has 160 valence electrons. The molecule has 0 bridgehead atoms. The van der Waals surface area contributed by atoms with Gasteiger partial charge < -0.3 is 5.11 Å². The van der Waals surface area contributed by atoms with Crippen LogP contribution in [0, 0.1) is 23.7 Å². The number of aliphatic imine (C=N–C) groups is 1. The number of carbonyl (C=O) groups is 1. The Hall–Kier alpha value is -1.13. The highest BCUT2D eigenvalue weighted by Gasteiger charge is 2.28. The number of aliphatic hydroxyl groups is 1. The summed E-state index contributed by atoms with van der Waals surface area (Å²) in [6.45, 7) is 8.32. The van der Waals surface area contributed by atoms with Crippen LogP contribution in [0.15, 0.2) is 40.3 Å². The largest absolute Gasteiger partial charge is 0.393 e. The van der Waals surface area contributed by atoms with Gasteiger partial charge in [-0.3, -0.25) is 9.79 Å². The third-order valence-electron chi connectivity index (χ3n) is 6.79. The van der Waals surface area contributed by atoms with E-state index in [4.69, 9.17) is 4.99 Å². The lowest BCUT2D eigenvalue weighted by molar-refractivity contribution is -0.113.